The molecule has 0 bridgehead atoms. The molecule has 1 N–H and O–H groups in total. The quantitative estimate of drug-likeness (QED) is 0.271. The van der Waals surface area contributed by atoms with E-state index in [0.717, 1.165) is 21.6 Å². The topological polar surface area (TPSA) is 125 Å². The molecule has 0 aliphatic heterocycles. The highest BCUT2D eigenvalue weighted by atomic mass is 16.5. The van der Waals surface area contributed by atoms with Gasteiger partial charge in [0.2, 0.25) is 5.88 Å². The van der Waals surface area contributed by atoms with Gasteiger partial charge in [0.1, 0.15) is 17.4 Å². The van der Waals surface area contributed by atoms with Crippen molar-refractivity contribution in [2.24, 2.45) is 20.5 Å². The minimum absolute atomic E-state index is 0.00285. The van der Waals surface area contributed by atoms with E-state index < -0.39 is 5.56 Å². The number of aromatic nitrogens is 1. The maximum atomic E-state index is 13.2. The molecule has 0 radical (unpaired) electrons. The lowest BCUT2D eigenvalue weighted by Gasteiger charge is -2.13. The van der Waals surface area contributed by atoms with Gasteiger partial charge in [-0.05, 0) is 67.4 Å². The smallest absolute Gasteiger partial charge is 0.281 e. The van der Waals surface area contributed by atoms with E-state index in [0.29, 0.717) is 17.8 Å². The molecule has 3 aromatic carbocycles. The van der Waals surface area contributed by atoms with Crippen LogP contribution in [0.4, 0.5) is 22.7 Å². The van der Waals surface area contributed by atoms with Crippen LogP contribution in [0.2, 0.25) is 0 Å². The lowest BCUT2D eigenvalue weighted by Crippen LogP contribution is -2.22. The Labute approximate surface area is 213 Å². The summed E-state index contributed by atoms with van der Waals surface area (Å²) >= 11 is 0. The molecule has 37 heavy (non-hydrogen) atoms. The Kier molecular flexibility index (Phi) is 7.81. The van der Waals surface area contributed by atoms with E-state index in [2.05, 4.69) is 20.5 Å². The first-order valence-corrected chi connectivity index (χ1v) is 11.5. The summed E-state index contributed by atoms with van der Waals surface area (Å²) in [6.45, 7) is 1.73. The Morgan fingerprint density at radius 3 is 2.00 bits per heavy atom. The molecule has 9 heteroatoms. The van der Waals surface area contributed by atoms with Crippen LogP contribution in [0, 0.1) is 18.3 Å². The average molecular weight is 493 g/mol. The zero-order valence-electron chi connectivity index (χ0n) is 20.4. The number of hydrogen-bond donors (Lipinski definition) is 1. The molecule has 184 valence electrons. The van der Waals surface area contributed by atoms with Crippen molar-refractivity contribution in [3.05, 3.63) is 106 Å². The van der Waals surface area contributed by atoms with Gasteiger partial charge in [-0.2, -0.15) is 20.6 Å². The summed E-state index contributed by atoms with van der Waals surface area (Å²) in [5.41, 5.74) is 2.54. The molecule has 0 amide bonds. The molecule has 0 fully saturated rings. The third-order valence-electron chi connectivity index (χ3n) is 5.70. The van der Waals surface area contributed by atoms with E-state index in [1.54, 1.807) is 38.3 Å². The third kappa shape index (κ3) is 5.94. The van der Waals surface area contributed by atoms with Gasteiger partial charge in [-0.3, -0.25) is 9.36 Å². The fraction of sp³-hybridized carbons (Fsp3) is 0.143. The number of hydrogen-bond acceptors (Lipinski definition) is 8. The first kappa shape index (κ1) is 25.0. The molecule has 4 rings (SSSR count). The van der Waals surface area contributed by atoms with Gasteiger partial charge < -0.3 is 9.84 Å². The van der Waals surface area contributed by atoms with Crippen molar-refractivity contribution >= 4 is 22.7 Å². The van der Waals surface area contributed by atoms with Crippen LogP contribution < -0.4 is 10.3 Å². The van der Waals surface area contributed by atoms with Gasteiger partial charge in [-0.15, -0.1) is 5.11 Å². The number of aryl methyl sites for hydroxylation is 1. The van der Waals surface area contributed by atoms with Gasteiger partial charge in [-0.1, -0.05) is 30.3 Å². The molecular weight excluding hydrogens is 468 g/mol. The number of nitrogens with zero attached hydrogens (tertiary/aromatic N) is 6. The van der Waals surface area contributed by atoms with Gasteiger partial charge in [0.05, 0.1) is 24.2 Å². The summed E-state index contributed by atoms with van der Waals surface area (Å²) in [6.07, 6.45) is 0.459. The molecule has 9 nitrogen and oxygen atoms in total. The number of aromatic hydroxyl groups is 1. The van der Waals surface area contributed by atoms with E-state index in [1.165, 1.54) is 0 Å². The lowest BCUT2D eigenvalue weighted by atomic mass is 10.1. The summed E-state index contributed by atoms with van der Waals surface area (Å²) in [7, 11) is 1.59. The van der Waals surface area contributed by atoms with E-state index in [1.807, 2.05) is 60.7 Å². The Balaban J connectivity index is 1.56. The van der Waals surface area contributed by atoms with Gasteiger partial charge in [-0.25, -0.2) is 0 Å². The minimum atomic E-state index is -0.528. The van der Waals surface area contributed by atoms with Gasteiger partial charge in [0.15, 0.2) is 5.69 Å². The number of rotatable bonds is 8. The molecule has 1 heterocycles. The summed E-state index contributed by atoms with van der Waals surface area (Å²) in [5.74, 6) is 0.339. The van der Waals surface area contributed by atoms with Crippen LogP contribution in [0.15, 0.2) is 104 Å². The molecule has 0 unspecified atom stereocenters. The van der Waals surface area contributed by atoms with Gasteiger partial charge >= 0.3 is 0 Å². The SMILES string of the molecule is COc1ccc(CCn2c(O)c(C#N)c(C)c(N=Nc3ccc(N=Nc4ccccc4)cc3)c2=O)cc1. The normalized spacial score (nSPS) is 11.2. The number of nitriles is 1. The zero-order valence-corrected chi connectivity index (χ0v) is 20.4. The molecule has 0 saturated heterocycles. The van der Waals surface area contributed by atoms with Crippen molar-refractivity contribution in [3.8, 4) is 17.7 Å². The number of ether oxygens (including phenoxy) is 1. The number of methoxy groups -OCH3 is 1. The van der Waals surface area contributed by atoms with E-state index in [-0.39, 0.29) is 29.2 Å². The number of azo groups is 2. The highest BCUT2D eigenvalue weighted by Crippen LogP contribution is 2.28. The first-order chi connectivity index (χ1) is 18.0. The van der Waals surface area contributed by atoms with Crippen molar-refractivity contribution in [1.29, 1.82) is 5.26 Å². The maximum Gasteiger partial charge on any atom is 0.281 e. The second-order valence-electron chi connectivity index (χ2n) is 8.09. The summed E-state index contributed by atoms with van der Waals surface area (Å²) in [5, 5.41) is 36.9. The standard InChI is InChI=1S/C28H24N6O3/c1-19-25(18-29)27(35)34(17-16-20-8-14-24(37-2)15-9-20)28(36)26(19)33-32-23-12-10-22(11-13-23)31-30-21-6-4-3-5-7-21/h3-15,35H,16-17H2,1-2H3. The molecule has 0 saturated carbocycles. The van der Waals surface area contributed by atoms with Crippen LogP contribution >= 0.6 is 0 Å². The largest absolute Gasteiger partial charge is 0.497 e. The second kappa shape index (κ2) is 11.6. The minimum Gasteiger partial charge on any atom is -0.497 e. The van der Waals surface area contributed by atoms with Crippen LogP contribution in [0.1, 0.15) is 16.7 Å². The highest BCUT2D eigenvalue weighted by Gasteiger charge is 2.19. The maximum absolute atomic E-state index is 13.2. The van der Waals surface area contributed by atoms with E-state index >= 15 is 0 Å². The Morgan fingerprint density at radius 1 is 0.865 bits per heavy atom. The average Bonchev–Trinajstić information content (AvgIpc) is 2.93. The van der Waals surface area contributed by atoms with Crippen molar-refractivity contribution < 1.29 is 9.84 Å². The van der Waals surface area contributed by atoms with E-state index in [4.69, 9.17) is 4.74 Å². The van der Waals surface area contributed by atoms with Crippen LogP contribution in [0.25, 0.3) is 0 Å². The molecule has 0 aliphatic rings. The van der Waals surface area contributed by atoms with Crippen molar-refractivity contribution in [2.45, 2.75) is 19.9 Å². The highest BCUT2D eigenvalue weighted by molar-refractivity contribution is 5.57. The molecular formula is C28H24N6O3. The third-order valence-corrected chi connectivity index (χ3v) is 5.70. The monoisotopic (exact) mass is 492 g/mol. The molecule has 0 spiro atoms. The summed E-state index contributed by atoms with van der Waals surface area (Å²) < 4.78 is 6.32. The number of benzene rings is 3. The Hall–Kier alpha value is -5.10. The predicted molar refractivity (Wildman–Crippen MR) is 140 cm³/mol. The predicted octanol–water partition coefficient (Wildman–Crippen LogP) is 6.82. The van der Waals surface area contributed by atoms with Crippen molar-refractivity contribution in [2.75, 3.05) is 7.11 Å². The zero-order chi connectivity index (χ0) is 26.2. The van der Waals surface area contributed by atoms with Crippen LogP contribution in [0.3, 0.4) is 0 Å². The van der Waals surface area contributed by atoms with Gasteiger partial charge in [0.25, 0.3) is 5.56 Å². The Morgan fingerprint density at radius 2 is 1.43 bits per heavy atom. The summed E-state index contributed by atoms with van der Waals surface area (Å²) in [4.78, 5) is 13.2. The molecule has 1 aromatic heterocycles. The number of pyridine rings is 1. The lowest BCUT2D eigenvalue weighted by molar-refractivity contribution is 0.403. The second-order valence-corrected chi connectivity index (χ2v) is 8.09. The van der Waals surface area contributed by atoms with Crippen LogP contribution in [0.5, 0.6) is 11.6 Å². The van der Waals surface area contributed by atoms with Crippen molar-refractivity contribution in [1.82, 2.24) is 4.57 Å². The van der Waals surface area contributed by atoms with Crippen LogP contribution in [-0.4, -0.2) is 16.8 Å². The van der Waals surface area contributed by atoms with E-state index in [9.17, 15) is 15.2 Å². The molecule has 0 aliphatic carbocycles. The molecule has 4 aromatic rings. The van der Waals surface area contributed by atoms with Gasteiger partial charge in [0, 0.05) is 12.1 Å². The summed E-state index contributed by atoms with van der Waals surface area (Å²) in [6, 6.07) is 25.6. The fourth-order valence-electron chi connectivity index (χ4n) is 3.60. The van der Waals surface area contributed by atoms with Crippen LogP contribution in [-0.2, 0) is 13.0 Å². The van der Waals surface area contributed by atoms with Crippen molar-refractivity contribution in [3.63, 3.8) is 0 Å². The molecule has 0 atom stereocenters. The first-order valence-electron chi connectivity index (χ1n) is 11.5. The fourth-order valence-corrected chi connectivity index (χ4v) is 3.60. The Bertz CT molecular complexity index is 1540.